The van der Waals surface area contributed by atoms with E-state index in [1.165, 1.54) is 37.7 Å². The van der Waals surface area contributed by atoms with Gasteiger partial charge in [0.25, 0.3) is 0 Å². The van der Waals surface area contributed by atoms with Crippen molar-refractivity contribution in [2.75, 3.05) is 13.3 Å². The number of hydrogen-bond donors (Lipinski definition) is 1. The lowest BCUT2D eigenvalue weighted by atomic mass is 9.94. The SMILES string of the molecule is CC(c1ccccc1)N1CN(C2CCCCC2)CNC1=S. The molecule has 1 aliphatic carbocycles. The summed E-state index contributed by atoms with van der Waals surface area (Å²) in [5, 5.41) is 4.30. The molecule has 4 heteroatoms. The second-order valence-electron chi connectivity index (χ2n) is 6.22. The molecule has 2 aliphatic rings. The van der Waals surface area contributed by atoms with E-state index in [-0.39, 0.29) is 0 Å². The standard InChI is InChI=1S/C17H25N3S/c1-14(15-8-4-2-5-9-15)20-13-19(12-18-17(20)21)16-10-6-3-7-11-16/h2,4-5,8-9,14,16H,3,6-7,10-13H2,1H3,(H,18,21). The predicted molar refractivity (Wildman–Crippen MR) is 90.9 cm³/mol. The Kier molecular flexibility index (Phi) is 4.76. The molecule has 1 aromatic rings. The molecule has 114 valence electrons. The summed E-state index contributed by atoms with van der Waals surface area (Å²) in [4.78, 5) is 4.89. The maximum absolute atomic E-state index is 5.55. The fraction of sp³-hybridized carbons (Fsp3) is 0.588. The fourth-order valence-electron chi connectivity index (χ4n) is 3.48. The third kappa shape index (κ3) is 3.38. The van der Waals surface area contributed by atoms with Gasteiger partial charge in [0.15, 0.2) is 5.11 Å². The lowest BCUT2D eigenvalue weighted by Gasteiger charge is -2.45. The van der Waals surface area contributed by atoms with Crippen molar-refractivity contribution in [1.82, 2.24) is 15.1 Å². The molecule has 2 fully saturated rings. The van der Waals surface area contributed by atoms with Gasteiger partial charge in [0.1, 0.15) is 0 Å². The number of nitrogens with one attached hydrogen (secondary N) is 1. The Labute approximate surface area is 133 Å². The zero-order chi connectivity index (χ0) is 14.7. The first kappa shape index (κ1) is 14.8. The summed E-state index contributed by atoms with van der Waals surface area (Å²) >= 11 is 5.55. The Hall–Kier alpha value is -1.13. The average molecular weight is 303 g/mol. The van der Waals surface area contributed by atoms with Crippen LogP contribution in [0.5, 0.6) is 0 Å². The molecular formula is C17H25N3S. The molecule has 0 bridgehead atoms. The largest absolute Gasteiger partial charge is 0.350 e. The zero-order valence-corrected chi connectivity index (χ0v) is 13.6. The highest BCUT2D eigenvalue weighted by molar-refractivity contribution is 7.80. The van der Waals surface area contributed by atoms with Crippen LogP contribution in [0.15, 0.2) is 30.3 Å². The van der Waals surface area contributed by atoms with Crippen molar-refractivity contribution in [2.24, 2.45) is 0 Å². The van der Waals surface area contributed by atoms with E-state index in [1.807, 2.05) is 0 Å². The normalized spacial score (nSPS) is 22.9. The third-order valence-corrected chi connectivity index (χ3v) is 5.25. The van der Waals surface area contributed by atoms with Crippen LogP contribution in [0.25, 0.3) is 0 Å². The summed E-state index contributed by atoms with van der Waals surface area (Å²) in [5.74, 6) is 0. The Morgan fingerprint density at radius 3 is 2.57 bits per heavy atom. The monoisotopic (exact) mass is 303 g/mol. The molecular weight excluding hydrogens is 278 g/mol. The van der Waals surface area contributed by atoms with Crippen molar-refractivity contribution in [2.45, 2.75) is 51.1 Å². The van der Waals surface area contributed by atoms with Crippen LogP contribution in [0.3, 0.4) is 0 Å². The number of thiocarbonyl (C=S) groups is 1. The molecule has 0 spiro atoms. The lowest BCUT2D eigenvalue weighted by Crippen LogP contribution is -2.59. The van der Waals surface area contributed by atoms with E-state index in [2.05, 4.69) is 52.4 Å². The predicted octanol–water partition coefficient (Wildman–Crippen LogP) is 3.49. The highest BCUT2D eigenvalue weighted by Crippen LogP contribution is 2.27. The molecule has 1 heterocycles. The molecule has 1 aromatic carbocycles. The highest BCUT2D eigenvalue weighted by atomic mass is 32.1. The van der Waals surface area contributed by atoms with Gasteiger partial charge in [0.05, 0.1) is 19.4 Å². The molecule has 1 saturated carbocycles. The van der Waals surface area contributed by atoms with E-state index in [0.717, 1.165) is 24.5 Å². The first-order valence-corrected chi connectivity index (χ1v) is 8.50. The van der Waals surface area contributed by atoms with Gasteiger partial charge in [-0.1, -0.05) is 49.6 Å². The van der Waals surface area contributed by atoms with Gasteiger partial charge in [-0.2, -0.15) is 0 Å². The molecule has 0 radical (unpaired) electrons. The molecule has 21 heavy (non-hydrogen) atoms. The summed E-state index contributed by atoms with van der Waals surface area (Å²) < 4.78 is 0. The van der Waals surface area contributed by atoms with Gasteiger partial charge in [-0.25, -0.2) is 0 Å². The van der Waals surface area contributed by atoms with Crippen LogP contribution in [-0.4, -0.2) is 34.3 Å². The van der Waals surface area contributed by atoms with Crippen LogP contribution >= 0.6 is 12.2 Å². The molecule has 0 aromatic heterocycles. The molecule has 1 aliphatic heterocycles. The first-order chi connectivity index (χ1) is 10.3. The number of rotatable bonds is 3. The second-order valence-corrected chi connectivity index (χ2v) is 6.61. The fourth-order valence-corrected chi connectivity index (χ4v) is 3.76. The van der Waals surface area contributed by atoms with E-state index in [9.17, 15) is 0 Å². The Morgan fingerprint density at radius 2 is 1.86 bits per heavy atom. The molecule has 3 nitrogen and oxygen atoms in total. The van der Waals surface area contributed by atoms with E-state index >= 15 is 0 Å². The molecule has 1 atom stereocenters. The third-order valence-electron chi connectivity index (χ3n) is 4.87. The maximum Gasteiger partial charge on any atom is 0.171 e. The Bertz CT molecular complexity index is 470. The summed E-state index contributed by atoms with van der Waals surface area (Å²) in [6.45, 7) is 4.10. The Morgan fingerprint density at radius 1 is 1.14 bits per heavy atom. The van der Waals surface area contributed by atoms with E-state index in [0.29, 0.717) is 6.04 Å². The van der Waals surface area contributed by atoms with Crippen molar-refractivity contribution in [3.8, 4) is 0 Å². The number of benzene rings is 1. The molecule has 1 N–H and O–H groups in total. The first-order valence-electron chi connectivity index (χ1n) is 8.09. The minimum Gasteiger partial charge on any atom is -0.350 e. The van der Waals surface area contributed by atoms with Crippen LogP contribution in [0.1, 0.15) is 50.6 Å². The highest BCUT2D eigenvalue weighted by Gasteiger charge is 2.30. The van der Waals surface area contributed by atoms with Crippen molar-refractivity contribution in [3.63, 3.8) is 0 Å². The molecule has 0 amide bonds. The zero-order valence-electron chi connectivity index (χ0n) is 12.8. The van der Waals surface area contributed by atoms with E-state index < -0.39 is 0 Å². The summed E-state index contributed by atoms with van der Waals surface area (Å²) in [7, 11) is 0. The van der Waals surface area contributed by atoms with Crippen LogP contribution in [0, 0.1) is 0 Å². The van der Waals surface area contributed by atoms with Crippen LogP contribution in [0.4, 0.5) is 0 Å². The van der Waals surface area contributed by atoms with Gasteiger partial charge >= 0.3 is 0 Å². The van der Waals surface area contributed by atoms with Gasteiger partial charge in [-0.05, 0) is 37.5 Å². The maximum atomic E-state index is 5.55. The topological polar surface area (TPSA) is 18.5 Å². The summed E-state index contributed by atoms with van der Waals surface area (Å²) in [6.07, 6.45) is 6.82. The minimum absolute atomic E-state index is 0.317. The van der Waals surface area contributed by atoms with E-state index in [1.54, 1.807) is 0 Å². The molecule has 1 saturated heterocycles. The quantitative estimate of drug-likeness (QED) is 0.861. The second kappa shape index (κ2) is 6.75. The lowest BCUT2D eigenvalue weighted by molar-refractivity contribution is 0.0686. The van der Waals surface area contributed by atoms with Gasteiger partial charge in [0, 0.05) is 6.04 Å². The smallest absolute Gasteiger partial charge is 0.171 e. The van der Waals surface area contributed by atoms with Crippen molar-refractivity contribution >= 4 is 17.3 Å². The van der Waals surface area contributed by atoms with Gasteiger partial charge in [-0.3, -0.25) is 4.90 Å². The number of hydrogen-bond acceptors (Lipinski definition) is 2. The summed E-state index contributed by atoms with van der Waals surface area (Å²) in [5.41, 5.74) is 1.33. The summed E-state index contributed by atoms with van der Waals surface area (Å²) in [6, 6.07) is 11.7. The van der Waals surface area contributed by atoms with Crippen molar-refractivity contribution < 1.29 is 0 Å². The van der Waals surface area contributed by atoms with Crippen LogP contribution in [0.2, 0.25) is 0 Å². The minimum atomic E-state index is 0.317. The van der Waals surface area contributed by atoms with Crippen molar-refractivity contribution in [3.05, 3.63) is 35.9 Å². The van der Waals surface area contributed by atoms with Gasteiger partial charge in [0.2, 0.25) is 0 Å². The van der Waals surface area contributed by atoms with E-state index in [4.69, 9.17) is 12.2 Å². The number of nitrogens with zero attached hydrogens (tertiary/aromatic N) is 2. The van der Waals surface area contributed by atoms with Crippen LogP contribution in [-0.2, 0) is 0 Å². The van der Waals surface area contributed by atoms with Gasteiger partial charge < -0.3 is 10.2 Å². The molecule has 3 rings (SSSR count). The average Bonchev–Trinajstić information content (AvgIpc) is 2.56. The molecule has 1 unspecified atom stereocenters. The van der Waals surface area contributed by atoms with Crippen LogP contribution < -0.4 is 5.32 Å². The van der Waals surface area contributed by atoms with Gasteiger partial charge in [-0.15, -0.1) is 0 Å². The Balaban J connectivity index is 1.69. The van der Waals surface area contributed by atoms with Crippen molar-refractivity contribution in [1.29, 1.82) is 0 Å².